The number of non-ortho nitro benzene ring substituents is 1. The van der Waals surface area contributed by atoms with Crippen molar-refractivity contribution >= 4 is 23.1 Å². The first-order valence-electron chi connectivity index (χ1n) is 7.54. The lowest BCUT2D eigenvalue weighted by molar-refractivity contribution is -0.385. The Hall–Kier alpha value is -2.46. The summed E-state index contributed by atoms with van der Waals surface area (Å²) in [5.74, 6) is 0.387. The quantitative estimate of drug-likeness (QED) is 0.470. The molecule has 1 unspecified atom stereocenters. The number of fused-ring (bicyclic) bond motifs is 1. The van der Waals surface area contributed by atoms with Gasteiger partial charge in [-0.2, -0.15) is 13.2 Å². The summed E-state index contributed by atoms with van der Waals surface area (Å²) in [5, 5.41) is 17.1. The van der Waals surface area contributed by atoms with E-state index in [4.69, 9.17) is 11.6 Å². The maximum absolute atomic E-state index is 13.0. The number of hydrogen-bond donors (Lipinski definition) is 2. The molecule has 7 nitrogen and oxygen atoms in total. The summed E-state index contributed by atoms with van der Waals surface area (Å²) in [7, 11) is 0. The number of halogens is 4. The molecule has 0 radical (unpaired) electrons. The predicted molar refractivity (Wildman–Crippen MR) is 87.7 cm³/mol. The highest BCUT2D eigenvalue weighted by Gasteiger charge is 2.33. The molecule has 0 spiro atoms. The molecule has 1 atom stereocenters. The normalized spacial score (nSPS) is 14.8. The lowest BCUT2D eigenvalue weighted by Crippen LogP contribution is -2.13. The Balaban J connectivity index is 1.97. The van der Waals surface area contributed by atoms with Crippen LogP contribution in [-0.4, -0.2) is 14.9 Å². The van der Waals surface area contributed by atoms with E-state index < -0.39 is 28.4 Å². The van der Waals surface area contributed by atoms with Gasteiger partial charge in [0.15, 0.2) is 0 Å². The monoisotopic (exact) mass is 387 g/mol. The Morgan fingerprint density at radius 3 is 2.69 bits per heavy atom. The molecule has 1 aliphatic rings. The molecule has 1 aromatic heterocycles. The van der Waals surface area contributed by atoms with Crippen molar-refractivity contribution < 1.29 is 18.1 Å². The van der Waals surface area contributed by atoms with Gasteiger partial charge in [-0.25, -0.2) is 9.97 Å². The molecule has 11 heteroatoms. The number of nitro benzene ring substituents is 1. The zero-order chi connectivity index (χ0) is 19.1. The summed E-state index contributed by atoms with van der Waals surface area (Å²) >= 11 is 5.88. The van der Waals surface area contributed by atoms with Crippen LogP contribution in [0.3, 0.4) is 0 Å². The molecule has 1 aromatic carbocycles. The molecule has 2 aromatic rings. The molecule has 0 bridgehead atoms. The molecule has 2 heterocycles. The second-order valence-electron chi connectivity index (χ2n) is 5.80. The van der Waals surface area contributed by atoms with Crippen LogP contribution in [0.5, 0.6) is 0 Å². The van der Waals surface area contributed by atoms with Gasteiger partial charge in [-0.15, -0.1) is 0 Å². The summed E-state index contributed by atoms with van der Waals surface area (Å²) < 4.78 is 39.1. The van der Waals surface area contributed by atoms with Gasteiger partial charge in [-0.1, -0.05) is 0 Å². The van der Waals surface area contributed by atoms with Crippen LogP contribution in [-0.2, 0) is 19.3 Å². The molecule has 1 aliphatic heterocycles. The van der Waals surface area contributed by atoms with Crippen LogP contribution in [0, 0.1) is 10.1 Å². The Morgan fingerprint density at radius 1 is 1.31 bits per heavy atom. The molecule has 138 valence electrons. The summed E-state index contributed by atoms with van der Waals surface area (Å²) in [5.41, 5.74) is -0.127. The van der Waals surface area contributed by atoms with Crippen LogP contribution in [0.4, 0.5) is 24.7 Å². The van der Waals surface area contributed by atoms with Gasteiger partial charge in [-0.05, 0) is 30.2 Å². The zero-order valence-electron chi connectivity index (χ0n) is 13.4. The number of nitro groups is 1. The number of hydrogen-bond acceptors (Lipinski definition) is 6. The van der Waals surface area contributed by atoms with E-state index in [0.717, 1.165) is 17.7 Å². The van der Waals surface area contributed by atoms with E-state index in [9.17, 15) is 23.3 Å². The van der Waals surface area contributed by atoms with Crippen LogP contribution >= 0.6 is 11.6 Å². The lowest BCUT2D eigenvalue weighted by Gasteiger charge is -2.18. The first kappa shape index (κ1) is 18.3. The van der Waals surface area contributed by atoms with Crippen molar-refractivity contribution in [2.24, 2.45) is 0 Å². The second kappa shape index (κ2) is 6.69. The Bertz CT molecular complexity index is 875. The van der Waals surface area contributed by atoms with E-state index in [0.29, 0.717) is 30.7 Å². The van der Waals surface area contributed by atoms with E-state index in [1.165, 1.54) is 0 Å². The topological polar surface area (TPSA) is 93.0 Å². The molecule has 0 amide bonds. The summed E-state index contributed by atoms with van der Waals surface area (Å²) in [6.07, 6.45) is -4.69. The van der Waals surface area contributed by atoms with Crippen molar-refractivity contribution in [3.8, 4) is 0 Å². The van der Waals surface area contributed by atoms with Gasteiger partial charge in [0.25, 0.3) is 5.69 Å². The lowest BCUT2D eigenvalue weighted by atomic mass is 10.0. The molecule has 0 saturated heterocycles. The summed E-state index contributed by atoms with van der Waals surface area (Å²) in [4.78, 5) is 18.3. The standard InChI is InChI=1S/C15H13ClF3N5O2/c1-7(21-13-11-5-20-6-12(11)22-14(16)23-13)8-2-9(15(17,18)19)4-10(3-8)24(25)26/h2-4,7,20H,5-6H2,1H3,(H,21,22,23). The van der Waals surface area contributed by atoms with Gasteiger partial charge in [0, 0.05) is 30.8 Å². The SMILES string of the molecule is CC(Nc1nc(Cl)nc2c1CNC2)c1cc([N+](=O)[O-])cc(C(F)(F)F)c1. The average Bonchev–Trinajstić information content (AvgIpc) is 3.01. The number of rotatable bonds is 4. The minimum Gasteiger partial charge on any atom is -0.363 e. The fourth-order valence-corrected chi connectivity index (χ4v) is 2.89. The molecule has 2 N–H and O–H groups in total. The molecule has 0 saturated carbocycles. The Kier molecular flexibility index (Phi) is 4.72. The largest absolute Gasteiger partial charge is 0.416 e. The minimum atomic E-state index is -4.69. The van der Waals surface area contributed by atoms with E-state index >= 15 is 0 Å². The summed E-state index contributed by atoms with van der Waals surface area (Å²) in [6, 6.07) is 1.83. The first-order chi connectivity index (χ1) is 12.1. The Labute approximate surface area is 150 Å². The highest BCUT2D eigenvalue weighted by molar-refractivity contribution is 6.28. The van der Waals surface area contributed by atoms with E-state index in [2.05, 4.69) is 20.6 Å². The number of nitrogens with one attached hydrogen (secondary N) is 2. The minimum absolute atomic E-state index is 0.0113. The molecule has 3 rings (SSSR count). The molecule has 0 fully saturated rings. The number of aromatic nitrogens is 2. The van der Waals surface area contributed by atoms with Crippen molar-refractivity contribution in [1.82, 2.24) is 15.3 Å². The molecular weight excluding hydrogens is 375 g/mol. The number of alkyl halides is 3. The Morgan fingerprint density at radius 2 is 2.04 bits per heavy atom. The zero-order valence-corrected chi connectivity index (χ0v) is 14.1. The average molecular weight is 388 g/mol. The number of benzene rings is 1. The van der Waals surface area contributed by atoms with Crippen LogP contribution in [0.2, 0.25) is 5.28 Å². The van der Waals surface area contributed by atoms with Crippen LogP contribution in [0.1, 0.15) is 35.3 Å². The van der Waals surface area contributed by atoms with Gasteiger partial charge in [0.2, 0.25) is 5.28 Å². The van der Waals surface area contributed by atoms with Crippen molar-refractivity contribution in [2.75, 3.05) is 5.32 Å². The fourth-order valence-electron chi connectivity index (χ4n) is 2.70. The van der Waals surface area contributed by atoms with E-state index in [-0.39, 0.29) is 10.8 Å². The van der Waals surface area contributed by atoms with Gasteiger partial charge in [-0.3, -0.25) is 10.1 Å². The predicted octanol–water partition coefficient (Wildman–Crippen LogP) is 3.83. The van der Waals surface area contributed by atoms with Gasteiger partial charge >= 0.3 is 6.18 Å². The van der Waals surface area contributed by atoms with Crippen LogP contribution < -0.4 is 10.6 Å². The molecule has 0 aliphatic carbocycles. The van der Waals surface area contributed by atoms with Crippen molar-refractivity contribution in [1.29, 1.82) is 0 Å². The van der Waals surface area contributed by atoms with Crippen LogP contribution in [0.25, 0.3) is 0 Å². The third kappa shape index (κ3) is 3.70. The highest BCUT2D eigenvalue weighted by Crippen LogP contribution is 2.35. The smallest absolute Gasteiger partial charge is 0.363 e. The maximum Gasteiger partial charge on any atom is 0.416 e. The van der Waals surface area contributed by atoms with Gasteiger partial charge in [0.1, 0.15) is 5.82 Å². The summed E-state index contributed by atoms with van der Waals surface area (Å²) in [6.45, 7) is 2.59. The molecular formula is C15H13ClF3N5O2. The number of anilines is 1. The third-order valence-corrected chi connectivity index (χ3v) is 4.16. The van der Waals surface area contributed by atoms with E-state index in [1.807, 2.05) is 0 Å². The number of nitrogens with zero attached hydrogens (tertiary/aromatic N) is 3. The van der Waals surface area contributed by atoms with Crippen molar-refractivity contribution in [3.05, 3.63) is 56.0 Å². The highest BCUT2D eigenvalue weighted by atomic mass is 35.5. The molecule has 26 heavy (non-hydrogen) atoms. The van der Waals surface area contributed by atoms with Gasteiger partial charge in [0.05, 0.1) is 22.2 Å². The first-order valence-corrected chi connectivity index (χ1v) is 7.92. The fraction of sp³-hybridized carbons (Fsp3) is 0.333. The third-order valence-electron chi connectivity index (χ3n) is 3.99. The van der Waals surface area contributed by atoms with Gasteiger partial charge < -0.3 is 10.6 Å². The van der Waals surface area contributed by atoms with E-state index in [1.54, 1.807) is 6.92 Å². The van der Waals surface area contributed by atoms with Crippen LogP contribution in [0.15, 0.2) is 18.2 Å². The van der Waals surface area contributed by atoms with Crippen molar-refractivity contribution in [3.63, 3.8) is 0 Å². The second-order valence-corrected chi connectivity index (χ2v) is 6.14. The maximum atomic E-state index is 13.0. The van der Waals surface area contributed by atoms with Crippen molar-refractivity contribution in [2.45, 2.75) is 32.2 Å².